The standard InChI is InChI=1S/C33H34N2O5S/c1-7-38-24-15-12-22(13-16-24)30-29(32(37)40-20(4)5)21(6)34-33-35(30)31(36)28(41-33)18-23-14-17-27(39-19(2)3)26-11-9-8-10-25(23)26/h8-20,30H,7H2,1-6H3/b28-18+/t30-/m0/s1. The van der Waals surface area contributed by atoms with E-state index in [1.807, 2.05) is 87.5 Å². The number of hydrogen-bond donors (Lipinski definition) is 0. The average Bonchev–Trinajstić information content (AvgIpc) is 3.23. The molecular weight excluding hydrogens is 536 g/mol. The van der Waals surface area contributed by atoms with Gasteiger partial charge in [-0.1, -0.05) is 53.8 Å². The predicted molar refractivity (Wildman–Crippen MR) is 162 cm³/mol. The number of aromatic nitrogens is 1. The molecule has 8 heteroatoms. The first-order valence-corrected chi connectivity index (χ1v) is 14.6. The van der Waals surface area contributed by atoms with Crippen molar-refractivity contribution < 1.29 is 19.0 Å². The van der Waals surface area contributed by atoms with Gasteiger partial charge in [0.25, 0.3) is 5.56 Å². The highest BCUT2D eigenvalue weighted by atomic mass is 32.1. The first-order chi connectivity index (χ1) is 19.7. The van der Waals surface area contributed by atoms with Crippen LogP contribution >= 0.6 is 11.3 Å². The van der Waals surface area contributed by atoms with Crippen molar-refractivity contribution in [3.8, 4) is 11.5 Å². The zero-order valence-electron chi connectivity index (χ0n) is 24.1. The Morgan fingerprint density at radius 3 is 2.37 bits per heavy atom. The average molecular weight is 571 g/mol. The van der Waals surface area contributed by atoms with Crippen LogP contribution in [-0.4, -0.2) is 29.4 Å². The third kappa shape index (κ3) is 5.70. The maximum Gasteiger partial charge on any atom is 0.338 e. The van der Waals surface area contributed by atoms with Gasteiger partial charge in [-0.15, -0.1) is 0 Å². The summed E-state index contributed by atoms with van der Waals surface area (Å²) in [7, 11) is 0. The van der Waals surface area contributed by atoms with Gasteiger partial charge in [-0.3, -0.25) is 9.36 Å². The number of rotatable bonds is 8. The van der Waals surface area contributed by atoms with Crippen molar-refractivity contribution in [2.45, 2.75) is 59.8 Å². The van der Waals surface area contributed by atoms with Crippen LogP contribution in [0.5, 0.6) is 11.5 Å². The van der Waals surface area contributed by atoms with Crippen molar-refractivity contribution in [2.24, 2.45) is 4.99 Å². The van der Waals surface area contributed by atoms with Gasteiger partial charge in [0.15, 0.2) is 4.80 Å². The fraction of sp³-hybridized carbons (Fsp3) is 0.303. The second kappa shape index (κ2) is 11.7. The lowest BCUT2D eigenvalue weighted by molar-refractivity contribution is -0.143. The van der Waals surface area contributed by atoms with Crippen molar-refractivity contribution in [3.63, 3.8) is 0 Å². The Balaban J connectivity index is 1.69. The van der Waals surface area contributed by atoms with E-state index in [-0.39, 0.29) is 17.8 Å². The fourth-order valence-electron chi connectivity index (χ4n) is 5.01. The Hall–Kier alpha value is -4.17. The SMILES string of the molecule is CCOc1ccc([C@H]2C(C(=O)OC(C)C)=C(C)N=c3s/c(=C/c4ccc(OC(C)C)c5ccccc45)c(=O)n32)cc1. The zero-order chi connectivity index (χ0) is 29.3. The molecule has 1 aromatic heterocycles. The number of benzene rings is 3. The largest absolute Gasteiger partial charge is 0.494 e. The molecule has 0 bridgehead atoms. The quantitative estimate of drug-likeness (QED) is 0.261. The third-order valence-corrected chi connectivity index (χ3v) is 7.64. The molecule has 0 aliphatic carbocycles. The van der Waals surface area contributed by atoms with Gasteiger partial charge in [-0.05, 0) is 82.3 Å². The van der Waals surface area contributed by atoms with Crippen molar-refractivity contribution in [2.75, 3.05) is 6.61 Å². The molecule has 1 atom stereocenters. The van der Waals surface area contributed by atoms with E-state index in [0.717, 1.165) is 27.6 Å². The van der Waals surface area contributed by atoms with Crippen LogP contribution in [-0.2, 0) is 9.53 Å². The van der Waals surface area contributed by atoms with E-state index in [4.69, 9.17) is 19.2 Å². The van der Waals surface area contributed by atoms with Gasteiger partial charge >= 0.3 is 5.97 Å². The fourth-order valence-corrected chi connectivity index (χ4v) is 6.04. The second-order valence-corrected chi connectivity index (χ2v) is 11.4. The molecule has 5 rings (SSSR count). The Morgan fingerprint density at radius 1 is 1.00 bits per heavy atom. The molecule has 2 heterocycles. The van der Waals surface area contributed by atoms with Crippen LogP contribution in [0.25, 0.3) is 16.8 Å². The monoisotopic (exact) mass is 570 g/mol. The predicted octanol–water partition coefficient (Wildman–Crippen LogP) is 5.53. The van der Waals surface area contributed by atoms with Gasteiger partial charge in [0.1, 0.15) is 11.5 Å². The van der Waals surface area contributed by atoms with E-state index in [0.29, 0.717) is 33.0 Å². The molecule has 4 aromatic rings. The van der Waals surface area contributed by atoms with E-state index in [1.54, 1.807) is 25.3 Å². The summed E-state index contributed by atoms with van der Waals surface area (Å²) < 4.78 is 19.4. The van der Waals surface area contributed by atoms with Crippen molar-refractivity contribution in [1.29, 1.82) is 0 Å². The molecule has 3 aromatic carbocycles. The molecule has 1 aliphatic heterocycles. The summed E-state index contributed by atoms with van der Waals surface area (Å²) in [5, 5.41) is 1.96. The summed E-state index contributed by atoms with van der Waals surface area (Å²) in [6.45, 7) is 11.9. The summed E-state index contributed by atoms with van der Waals surface area (Å²) in [5.74, 6) is 1.03. The molecule has 41 heavy (non-hydrogen) atoms. The molecule has 7 nitrogen and oxygen atoms in total. The number of nitrogens with zero attached hydrogens (tertiary/aromatic N) is 2. The molecular formula is C33H34N2O5S. The molecule has 0 spiro atoms. The number of allylic oxidation sites excluding steroid dienone is 1. The Labute approximate surface area is 243 Å². The Morgan fingerprint density at radius 2 is 1.71 bits per heavy atom. The van der Waals surface area contributed by atoms with Crippen LogP contribution in [0.2, 0.25) is 0 Å². The molecule has 0 unspecified atom stereocenters. The maximum atomic E-state index is 14.1. The van der Waals surface area contributed by atoms with E-state index in [1.165, 1.54) is 11.3 Å². The molecule has 0 amide bonds. The minimum Gasteiger partial charge on any atom is -0.494 e. The molecule has 0 N–H and O–H groups in total. The van der Waals surface area contributed by atoms with Crippen LogP contribution in [0.3, 0.4) is 0 Å². The van der Waals surface area contributed by atoms with Crippen LogP contribution < -0.4 is 24.4 Å². The van der Waals surface area contributed by atoms with E-state index < -0.39 is 12.0 Å². The third-order valence-electron chi connectivity index (χ3n) is 6.66. The lowest BCUT2D eigenvalue weighted by atomic mass is 9.96. The highest BCUT2D eigenvalue weighted by molar-refractivity contribution is 7.07. The number of carbonyl (C=O) groups excluding carboxylic acids is 1. The summed E-state index contributed by atoms with van der Waals surface area (Å²) in [5.41, 5.74) is 2.33. The van der Waals surface area contributed by atoms with Crippen molar-refractivity contribution in [1.82, 2.24) is 4.57 Å². The van der Waals surface area contributed by atoms with Crippen molar-refractivity contribution >= 4 is 34.2 Å². The van der Waals surface area contributed by atoms with Crippen LogP contribution in [0.1, 0.15) is 58.7 Å². The minimum atomic E-state index is -0.686. The van der Waals surface area contributed by atoms with Crippen LogP contribution in [0.15, 0.2) is 81.7 Å². The molecule has 212 valence electrons. The van der Waals surface area contributed by atoms with E-state index in [2.05, 4.69) is 0 Å². The van der Waals surface area contributed by atoms with Gasteiger partial charge in [0.2, 0.25) is 0 Å². The van der Waals surface area contributed by atoms with Gasteiger partial charge in [0, 0.05) is 5.39 Å². The van der Waals surface area contributed by atoms with Gasteiger partial charge < -0.3 is 14.2 Å². The van der Waals surface area contributed by atoms with Crippen LogP contribution in [0.4, 0.5) is 0 Å². The lowest BCUT2D eigenvalue weighted by Gasteiger charge is -2.25. The van der Waals surface area contributed by atoms with E-state index in [9.17, 15) is 9.59 Å². The summed E-state index contributed by atoms with van der Waals surface area (Å²) in [6, 6.07) is 18.7. The smallest absolute Gasteiger partial charge is 0.338 e. The molecule has 0 saturated heterocycles. The first kappa shape index (κ1) is 28.4. The molecule has 0 fully saturated rings. The normalized spacial score (nSPS) is 15.3. The number of fused-ring (bicyclic) bond motifs is 2. The van der Waals surface area contributed by atoms with Gasteiger partial charge in [-0.25, -0.2) is 9.79 Å². The van der Waals surface area contributed by atoms with Gasteiger partial charge in [0.05, 0.1) is 40.7 Å². The minimum absolute atomic E-state index is 0.0374. The second-order valence-electron chi connectivity index (χ2n) is 10.4. The Kier molecular flexibility index (Phi) is 8.13. The molecule has 0 saturated carbocycles. The summed E-state index contributed by atoms with van der Waals surface area (Å²) in [6.07, 6.45) is 1.62. The summed E-state index contributed by atoms with van der Waals surface area (Å²) in [4.78, 5) is 32.7. The van der Waals surface area contributed by atoms with Crippen molar-refractivity contribution in [3.05, 3.63) is 103 Å². The highest BCUT2D eigenvalue weighted by Crippen LogP contribution is 2.33. The number of ether oxygens (including phenoxy) is 3. The first-order valence-electron chi connectivity index (χ1n) is 13.8. The van der Waals surface area contributed by atoms with Crippen LogP contribution in [0, 0.1) is 0 Å². The van der Waals surface area contributed by atoms with Gasteiger partial charge in [-0.2, -0.15) is 0 Å². The topological polar surface area (TPSA) is 79.1 Å². The Bertz CT molecular complexity index is 1810. The summed E-state index contributed by atoms with van der Waals surface area (Å²) >= 11 is 1.31. The number of hydrogen-bond acceptors (Lipinski definition) is 7. The highest BCUT2D eigenvalue weighted by Gasteiger charge is 2.33. The molecule has 1 aliphatic rings. The number of carbonyl (C=O) groups is 1. The molecule has 0 radical (unpaired) electrons. The van der Waals surface area contributed by atoms with E-state index >= 15 is 0 Å². The number of thiazole rings is 1. The lowest BCUT2D eigenvalue weighted by Crippen LogP contribution is -2.40. The maximum absolute atomic E-state index is 14.1. The zero-order valence-corrected chi connectivity index (χ0v) is 25.0. The number of esters is 1.